The van der Waals surface area contributed by atoms with Gasteiger partial charge in [0, 0.05) is 37.0 Å². The molecule has 3 heterocycles. The van der Waals surface area contributed by atoms with E-state index in [1.54, 1.807) is 6.07 Å². The minimum Gasteiger partial charge on any atom is -0.375 e. The highest BCUT2D eigenvalue weighted by atomic mass is 16.5. The molecule has 2 saturated heterocycles. The Balaban J connectivity index is 1.75. The van der Waals surface area contributed by atoms with Crippen molar-refractivity contribution in [2.45, 2.75) is 51.0 Å². The van der Waals surface area contributed by atoms with Crippen molar-refractivity contribution in [2.24, 2.45) is 0 Å². The summed E-state index contributed by atoms with van der Waals surface area (Å²) in [7, 11) is 0. The number of rotatable bonds is 2. The Morgan fingerprint density at radius 1 is 1.27 bits per heavy atom. The molecule has 2 fully saturated rings. The Labute approximate surface area is 130 Å². The molecule has 1 N–H and O–H groups in total. The molecule has 0 radical (unpaired) electrons. The van der Waals surface area contributed by atoms with Gasteiger partial charge < -0.3 is 14.6 Å². The van der Waals surface area contributed by atoms with Crippen LogP contribution in [0, 0.1) is 0 Å². The molecule has 120 valence electrons. The van der Waals surface area contributed by atoms with Crippen LogP contribution in [0.25, 0.3) is 0 Å². The van der Waals surface area contributed by atoms with Crippen LogP contribution in [0.5, 0.6) is 0 Å². The normalized spacial score (nSPS) is 25.4. The first-order valence-corrected chi connectivity index (χ1v) is 8.28. The number of carbonyl (C=O) groups is 1. The van der Waals surface area contributed by atoms with Crippen molar-refractivity contribution in [3.8, 4) is 0 Å². The average molecular weight is 304 g/mol. The van der Waals surface area contributed by atoms with Crippen LogP contribution < -0.4 is 5.56 Å². The lowest BCUT2D eigenvalue weighted by Gasteiger charge is -2.27. The number of H-pyrrole nitrogens is 1. The molecule has 22 heavy (non-hydrogen) atoms. The number of ether oxygens (including phenoxy) is 1. The molecule has 1 atom stereocenters. The van der Waals surface area contributed by atoms with E-state index in [4.69, 9.17) is 4.74 Å². The molecule has 1 spiro atoms. The van der Waals surface area contributed by atoms with Gasteiger partial charge in [0.15, 0.2) is 0 Å². The zero-order valence-electron chi connectivity index (χ0n) is 13.2. The van der Waals surface area contributed by atoms with E-state index in [0.717, 1.165) is 50.9 Å². The lowest BCUT2D eigenvalue weighted by Crippen LogP contribution is -2.34. The summed E-state index contributed by atoms with van der Waals surface area (Å²) in [5.74, 6) is -0.0316. The van der Waals surface area contributed by atoms with E-state index in [9.17, 15) is 9.59 Å². The fourth-order valence-corrected chi connectivity index (χ4v) is 3.62. The highest BCUT2D eigenvalue weighted by Gasteiger charge is 2.37. The number of aryl methyl sites for hydroxylation is 1. The molecule has 1 aromatic heterocycles. The summed E-state index contributed by atoms with van der Waals surface area (Å²) in [6.45, 7) is 4.28. The average Bonchev–Trinajstić information content (AvgIpc) is 2.87. The summed E-state index contributed by atoms with van der Waals surface area (Å²) < 4.78 is 5.96. The maximum absolute atomic E-state index is 12.7. The van der Waals surface area contributed by atoms with E-state index >= 15 is 0 Å². The Morgan fingerprint density at radius 2 is 2.09 bits per heavy atom. The predicted octanol–water partition coefficient (Wildman–Crippen LogP) is 2.11. The summed E-state index contributed by atoms with van der Waals surface area (Å²) in [5.41, 5.74) is 1.11. The van der Waals surface area contributed by atoms with E-state index in [2.05, 4.69) is 4.98 Å². The number of hydrogen-bond donors (Lipinski definition) is 1. The summed E-state index contributed by atoms with van der Waals surface area (Å²) in [6, 6.07) is 3.21. The number of nitrogens with one attached hydrogen (secondary N) is 1. The van der Waals surface area contributed by atoms with Gasteiger partial charge in [-0.1, -0.05) is 6.92 Å². The van der Waals surface area contributed by atoms with E-state index in [-0.39, 0.29) is 17.1 Å². The Morgan fingerprint density at radius 3 is 2.82 bits per heavy atom. The molecule has 0 aromatic carbocycles. The minimum atomic E-state index is -0.201. The number of amides is 1. The SMILES string of the molecule is CCc1cc(C(=O)N2CCC[C@]3(CCCO3)CC2)cc(=O)[nH]1. The molecule has 0 bridgehead atoms. The van der Waals surface area contributed by atoms with Crippen LogP contribution in [0.15, 0.2) is 16.9 Å². The van der Waals surface area contributed by atoms with Gasteiger partial charge in [0.1, 0.15) is 0 Å². The van der Waals surface area contributed by atoms with Crippen molar-refractivity contribution in [1.82, 2.24) is 9.88 Å². The van der Waals surface area contributed by atoms with Gasteiger partial charge in [0.25, 0.3) is 5.91 Å². The third kappa shape index (κ3) is 3.09. The number of pyridine rings is 1. The molecule has 0 saturated carbocycles. The molecule has 5 heteroatoms. The largest absolute Gasteiger partial charge is 0.375 e. The van der Waals surface area contributed by atoms with Crippen molar-refractivity contribution in [3.05, 3.63) is 33.7 Å². The van der Waals surface area contributed by atoms with E-state index in [0.29, 0.717) is 18.5 Å². The fourth-order valence-electron chi connectivity index (χ4n) is 3.62. The van der Waals surface area contributed by atoms with Crippen LogP contribution in [0.4, 0.5) is 0 Å². The first kappa shape index (κ1) is 15.3. The van der Waals surface area contributed by atoms with Gasteiger partial charge in [0.05, 0.1) is 5.60 Å². The number of carbonyl (C=O) groups excluding carboxylic acids is 1. The number of likely N-dealkylation sites (tertiary alicyclic amines) is 1. The topological polar surface area (TPSA) is 62.4 Å². The van der Waals surface area contributed by atoms with Gasteiger partial charge in [-0.2, -0.15) is 0 Å². The molecule has 5 nitrogen and oxygen atoms in total. The number of aromatic amines is 1. The van der Waals surface area contributed by atoms with Crippen molar-refractivity contribution >= 4 is 5.91 Å². The maximum atomic E-state index is 12.7. The first-order valence-electron chi connectivity index (χ1n) is 8.28. The van der Waals surface area contributed by atoms with Crippen molar-refractivity contribution in [1.29, 1.82) is 0 Å². The lowest BCUT2D eigenvalue weighted by atomic mass is 9.92. The van der Waals surface area contributed by atoms with Crippen molar-refractivity contribution < 1.29 is 9.53 Å². The number of aromatic nitrogens is 1. The monoisotopic (exact) mass is 304 g/mol. The van der Waals surface area contributed by atoms with Gasteiger partial charge in [-0.3, -0.25) is 9.59 Å². The van der Waals surface area contributed by atoms with Crippen LogP contribution in [0.3, 0.4) is 0 Å². The van der Waals surface area contributed by atoms with Crippen LogP contribution in [0.2, 0.25) is 0 Å². The van der Waals surface area contributed by atoms with E-state index < -0.39 is 0 Å². The zero-order chi connectivity index (χ0) is 15.6. The van der Waals surface area contributed by atoms with E-state index in [1.807, 2.05) is 11.8 Å². The van der Waals surface area contributed by atoms with Gasteiger partial charge in [-0.05, 0) is 44.6 Å². The third-order valence-electron chi connectivity index (χ3n) is 4.90. The van der Waals surface area contributed by atoms with Crippen LogP contribution in [-0.4, -0.2) is 41.1 Å². The minimum absolute atomic E-state index is 0.00221. The molecule has 1 amide bonds. The second kappa shape index (κ2) is 6.24. The second-order valence-corrected chi connectivity index (χ2v) is 6.39. The van der Waals surface area contributed by atoms with Gasteiger partial charge in [-0.15, -0.1) is 0 Å². The second-order valence-electron chi connectivity index (χ2n) is 6.39. The first-order chi connectivity index (χ1) is 10.6. The summed E-state index contributed by atoms with van der Waals surface area (Å²) in [5, 5.41) is 0. The number of hydrogen-bond acceptors (Lipinski definition) is 3. The smallest absolute Gasteiger partial charge is 0.254 e. The van der Waals surface area contributed by atoms with Gasteiger partial charge >= 0.3 is 0 Å². The quantitative estimate of drug-likeness (QED) is 0.910. The highest BCUT2D eigenvalue weighted by molar-refractivity contribution is 5.94. The van der Waals surface area contributed by atoms with Crippen LogP contribution >= 0.6 is 0 Å². The standard InChI is InChI=1S/C17H24N2O3/c1-2-14-11-13(12-15(20)18-14)16(21)19-8-3-5-17(7-9-19)6-4-10-22-17/h11-12H,2-10H2,1H3,(H,18,20)/t17-/m0/s1. The Kier molecular flexibility index (Phi) is 4.34. The number of nitrogens with zero attached hydrogens (tertiary/aromatic N) is 1. The summed E-state index contributed by atoms with van der Waals surface area (Å²) >= 11 is 0. The predicted molar refractivity (Wildman–Crippen MR) is 84.1 cm³/mol. The van der Waals surface area contributed by atoms with Gasteiger partial charge in [-0.25, -0.2) is 0 Å². The van der Waals surface area contributed by atoms with Crippen LogP contribution in [0.1, 0.15) is 55.1 Å². The molecular formula is C17H24N2O3. The van der Waals surface area contributed by atoms with Crippen molar-refractivity contribution in [2.75, 3.05) is 19.7 Å². The molecule has 0 unspecified atom stereocenters. The molecule has 2 aliphatic heterocycles. The summed E-state index contributed by atoms with van der Waals surface area (Å²) in [4.78, 5) is 29.0. The molecular weight excluding hydrogens is 280 g/mol. The fraction of sp³-hybridized carbons (Fsp3) is 0.647. The molecule has 0 aliphatic carbocycles. The highest BCUT2D eigenvalue weighted by Crippen LogP contribution is 2.35. The lowest BCUT2D eigenvalue weighted by molar-refractivity contribution is -0.00691. The molecule has 1 aromatic rings. The molecule has 3 rings (SSSR count). The molecule has 2 aliphatic rings. The Hall–Kier alpha value is -1.62. The Bertz CT molecular complexity index is 602. The zero-order valence-corrected chi connectivity index (χ0v) is 13.2. The third-order valence-corrected chi connectivity index (χ3v) is 4.90. The summed E-state index contributed by atoms with van der Waals surface area (Å²) in [6.07, 6.45) is 5.86. The van der Waals surface area contributed by atoms with Gasteiger partial charge in [0.2, 0.25) is 5.56 Å². The van der Waals surface area contributed by atoms with Crippen molar-refractivity contribution in [3.63, 3.8) is 0 Å². The van der Waals surface area contributed by atoms with E-state index in [1.165, 1.54) is 6.07 Å². The van der Waals surface area contributed by atoms with Crippen LogP contribution in [-0.2, 0) is 11.2 Å². The maximum Gasteiger partial charge on any atom is 0.254 e.